The Morgan fingerprint density at radius 1 is 1.31 bits per heavy atom. The molecule has 0 aromatic carbocycles. The summed E-state index contributed by atoms with van der Waals surface area (Å²) in [6, 6.07) is 0. The standard InChI is InChI=1S/C10H19NO4S/c1-2-3-5-15-6-4-11-9(12)7-16-8-10(13)14/h2-8H2,1H3,(H,11,12)(H,13,14). The van der Waals surface area contributed by atoms with E-state index in [-0.39, 0.29) is 17.4 Å². The van der Waals surface area contributed by atoms with Crippen LogP contribution in [-0.4, -0.2) is 48.2 Å². The maximum Gasteiger partial charge on any atom is 0.313 e. The summed E-state index contributed by atoms with van der Waals surface area (Å²) in [5, 5.41) is 11.0. The largest absolute Gasteiger partial charge is 0.481 e. The summed E-state index contributed by atoms with van der Waals surface area (Å²) in [4.78, 5) is 21.3. The van der Waals surface area contributed by atoms with Crippen LogP contribution in [0.5, 0.6) is 0 Å². The molecule has 0 aromatic heterocycles. The highest BCUT2D eigenvalue weighted by Crippen LogP contribution is 1.97. The number of amides is 1. The molecule has 0 aromatic rings. The van der Waals surface area contributed by atoms with Crippen molar-refractivity contribution < 1.29 is 19.4 Å². The minimum atomic E-state index is -0.902. The molecular weight excluding hydrogens is 230 g/mol. The lowest BCUT2D eigenvalue weighted by Crippen LogP contribution is -2.29. The van der Waals surface area contributed by atoms with E-state index >= 15 is 0 Å². The third-order valence-electron chi connectivity index (χ3n) is 1.67. The Morgan fingerprint density at radius 2 is 2.06 bits per heavy atom. The number of hydrogen-bond acceptors (Lipinski definition) is 4. The zero-order chi connectivity index (χ0) is 12.2. The number of carbonyl (C=O) groups is 2. The van der Waals surface area contributed by atoms with Crippen molar-refractivity contribution in [2.75, 3.05) is 31.3 Å². The maximum absolute atomic E-state index is 11.1. The summed E-state index contributed by atoms with van der Waals surface area (Å²) in [6.45, 7) is 3.80. The molecule has 0 saturated heterocycles. The van der Waals surface area contributed by atoms with E-state index in [9.17, 15) is 9.59 Å². The van der Waals surface area contributed by atoms with Gasteiger partial charge in [-0.2, -0.15) is 0 Å². The smallest absolute Gasteiger partial charge is 0.313 e. The first kappa shape index (κ1) is 15.2. The fourth-order valence-corrected chi connectivity index (χ4v) is 1.46. The first-order valence-corrected chi connectivity index (χ1v) is 6.46. The Bertz CT molecular complexity index is 211. The number of hydrogen-bond donors (Lipinski definition) is 2. The lowest BCUT2D eigenvalue weighted by atomic mass is 10.4. The van der Waals surface area contributed by atoms with Gasteiger partial charge in [-0.25, -0.2) is 0 Å². The number of aliphatic carboxylic acids is 1. The van der Waals surface area contributed by atoms with E-state index in [0.29, 0.717) is 13.2 Å². The molecule has 0 aliphatic carbocycles. The van der Waals surface area contributed by atoms with Gasteiger partial charge in [-0.05, 0) is 6.42 Å². The normalized spacial score (nSPS) is 10.1. The van der Waals surface area contributed by atoms with E-state index in [2.05, 4.69) is 12.2 Å². The second-order valence-corrected chi connectivity index (χ2v) is 4.19. The zero-order valence-corrected chi connectivity index (χ0v) is 10.3. The van der Waals surface area contributed by atoms with Crippen LogP contribution in [-0.2, 0) is 14.3 Å². The van der Waals surface area contributed by atoms with Gasteiger partial charge in [-0.3, -0.25) is 9.59 Å². The second-order valence-electron chi connectivity index (χ2n) is 3.20. The van der Waals surface area contributed by atoms with Crippen molar-refractivity contribution >= 4 is 23.6 Å². The van der Waals surface area contributed by atoms with Gasteiger partial charge in [0, 0.05) is 13.2 Å². The van der Waals surface area contributed by atoms with E-state index in [1.807, 2.05) is 0 Å². The Morgan fingerprint density at radius 3 is 2.69 bits per heavy atom. The molecule has 94 valence electrons. The fraction of sp³-hybridized carbons (Fsp3) is 0.800. The van der Waals surface area contributed by atoms with Gasteiger partial charge in [0.15, 0.2) is 0 Å². The van der Waals surface area contributed by atoms with E-state index in [1.165, 1.54) is 0 Å². The van der Waals surface area contributed by atoms with Crippen LogP contribution < -0.4 is 5.32 Å². The molecule has 0 saturated carbocycles. The number of thioether (sulfide) groups is 1. The summed E-state index contributed by atoms with van der Waals surface area (Å²) in [6.07, 6.45) is 2.13. The molecule has 0 unspecified atom stereocenters. The number of unbranched alkanes of at least 4 members (excludes halogenated alkanes) is 1. The third-order valence-corrected chi connectivity index (χ3v) is 2.59. The molecule has 16 heavy (non-hydrogen) atoms. The van der Waals surface area contributed by atoms with E-state index in [0.717, 1.165) is 31.2 Å². The van der Waals surface area contributed by atoms with Crippen molar-refractivity contribution in [2.24, 2.45) is 0 Å². The fourth-order valence-electron chi connectivity index (χ4n) is 0.893. The Hall–Kier alpha value is -0.750. The van der Waals surface area contributed by atoms with Crippen molar-refractivity contribution in [1.29, 1.82) is 0 Å². The Labute approximate surface area is 99.9 Å². The average Bonchev–Trinajstić information content (AvgIpc) is 2.22. The molecule has 0 rings (SSSR count). The Kier molecular flexibility index (Phi) is 10.3. The highest BCUT2D eigenvalue weighted by Gasteiger charge is 2.03. The van der Waals surface area contributed by atoms with Gasteiger partial charge in [0.1, 0.15) is 0 Å². The lowest BCUT2D eigenvalue weighted by Gasteiger charge is -2.05. The Balaban J connectivity index is 3.20. The minimum absolute atomic E-state index is 0.0413. The quantitative estimate of drug-likeness (QED) is 0.558. The number of ether oxygens (including phenoxy) is 1. The van der Waals surface area contributed by atoms with Crippen molar-refractivity contribution in [3.8, 4) is 0 Å². The van der Waals surface area contributed by atoms with Gasteiger partial charge in [0.25, 0.3) is 0 Å². The van der Waals surface area contributed by atoms with E-state index in [1.54, 1.807) is 0 Å². The monoisotopic (exact) mass is 249 g/mol. The predicted octanol–water partition coefficient (Wildman–Crippen LogP) is 0.737. The summed E-state index contributed by atoms with van der Waals surface area (Å²) < 4.78 is 5.25. The minimum Gasteiger partial charge on any atom is -0.481 e. The molecule has 5 nitrogen and oxygen atoms in total. The molecule has 0 atom stereocenters. The molecule has 2 N–H and O–H groups in total. The van der Waals surface area contributed by atoms with Crippen LogP contribution in [0.3, 0.4) is 0 Å². The number of rotatable bonds is 10. The van der Waals surface area contributed by atoms with Gasteiger partial charge in [-0.1, -0.05) is 13.3 Å². The molecular formula is C10H19NO4S. The highest BCUT2D eigenvalue weighted by atomic mass is 32.2. The highest BCUT2D eigenvalue weighted by molar-refractivity contribution is 8.00. The van der Waals surface area contributed by atoms with Crippen LogP contribution in [0.15, 0.2) is 0 Å². The van der Waals surface area contributed by atoms with Gasteiger partial charge in [0.2, 0.25) is 5.91 Å². The van der Waals surface area contributed by atoms with E-state index < -0.39 is 5.97 Å². The van der Waals surface area contributed by atoms with Crippen LogP contribution in [0, 0.1) is 0 Å². The topological polar surface area (TPSA) is 75.6 Å². The first-order valence-electron chi connectivity index (χ1n) is 5.30. The van der Waals surface area contributed by atoms with Gasteiger partial charge in [-0.15, -0.1) is 11.8 Å². The van der Waals surface area contributed by atoms with E-state index in [4.69, 9.17) is 9.84 Å². The molecule has 0 spiro atoms. The van der Waals surface area contributed by atoms with Crippen LogP contribution in [0.1, 0.15) is 19.8 Å². The van der Waals surface area contributed by atoms with Crippen LogP contribution >= 0.6 is 11.8 Å². The summed E-state index contributed by atoms with van der Waals surface area (Å²) >= 11 is 1.09. The average molecular weight is 249 g/mol. The van der Waals surface area contributed by atoms with Crippen molar-refractivity contribution in [1.82, 2.24) is 5.32 Å². The first-order chi connectivity index (χ1) is 7.66. The predicted molar refractivity (Wildman–Crippen MR) is 63.7 cm³/mol. The molecule has 1 amide bonds. The summed E-state index contributed by atoms with van der Waals surface area (Å²) in [5.41, 5.74) is 0. The number of carboxylic acids is 1. The molecule has 0 aliphatic rings. The SMILES string of the molecule is CCCCOCCNC(=O)CSCC(=O)O. The number of carbonyl (C=O) groups excluding carboxylic acids is 1. The van der Waals surface area contributed by atoms with Crippen LogP contribution in [0.25, 0.3) is 0 Å². The molecule has 0 aliphatic heterocycles. The van der Waals surface area contributed by atoms with Crippen molar-refractivity contribution in [3.05, 3.63) is 0 Å². The van der Waals surface area contributed by atoms with Crippen LogP contribution in [0.2, 0.25) is 0 Å². The lowest BCUT2D eigenvalue weighted by molar-refractivity contribution is -0.133. The van der Waals surface area contributed by atoms with Crippen molar-refractivity contribution in [2.45, 2.75) is 19.8 Å². The second kappa shape index (κ2) is 10.8. The van der Waals surface area contributed by atoms with Gasteiger partial charge >= 0.3 is 5.97 Å². The maximum atomic E-state index is 11.1. The number of nitrogens with one attached hydrogen (secondary N) is 1. The molecule has 0 fully saturated rings. The third kappa shape index (κ3) is 11.3. The summed E-state index contributed by atoms with van der Waals surface area (Å²) in [5.74, 6) is -0.909. The number of carboxylic acid groups (broad SMARTS) is 1. The molecule has 0 heterocycles. The molecule has 0 radical (unpaired) electrons. The summed E-state index contributed by atoms with van der Waals surface area (Å²) in [7, 11) is 0. The van der Waals surface area contributed by atoms with Gasteiger partial charge < -0.3 is 15.2 Å². The van der Waals surface area contributed by atoms with Crippen molar-refractivity contribution in [3.63, 3.8) is 0 Å². The molecule has 0 bridgehead atoms. The van der Waals surface area contributed by atoms with Gasteiger partial charge in [0.05, 0.1) is 18.1 Å². The molecule has 6 heteroatoms. The van der Waals surface area contributed by atoms with Crippen LogP contribution in [0.4, 0.5) is 0 Å². The zero-order valence-electron chi connectivity index (χ0n) is 9.53.